The average molecular weight is 262 g/mol. The first-order valence-electron chi connectivity index (χ1n) is 6.24. The lowest BCUT2D eigenvalue weighted by atomic mass is 10.1. The summed E-state index contributed by atoms with van der Waals surface area (Å²) in [5, 5.41) is 9.04. The molecule has 0 fully saturated rings. The highest BCUT2D eigenvalue weighted by atomic mass is 16.5. The van der Waals surface area contributed by atoms with E-state index in [4.69, 9.17) is 15.7 Å². The Morgan fingerprint density at radius 3 is 2.45 bits per heavy atom. The second kappa shape index (κ2) is 6.99. The minimum atomic E-state index is 0.311. The maximum atomic E-state index is 9.04. The van der Waals surface area contributed by atoms with Gasteiger partial charge in [0.25, 0.3) is 0 Å². The van der Waals surface area contributed by atoms with Crippen LogP contribution in [-0.4, -0.2) is 6.54 Å². The fourth-order valence-electron chi connectivity index (χ4n) is 1.75. The summed E-state index contributed by atoms with van der Waals surface area (Å²) >= 11 is 0. The van der Waals surface area contributed by atoms with E-state index in [1.807, 2.05) is 42.5 Å². The zero-order chi connectivity index (χ0) is 14.2. The number of nitriles is 1. The summed E-state index contributed by atoms with van der Waals surface area (Å²) in [7, 11) is 0. The fourth-order valence-corrected chi connectivity index (χ4v) is 1.75. The van der Waals surface area contributed by atoms with Gasteiger partial charge in [0.2, 0.25) is 0 Å². The highest BCUT2D eigenvalue weighted by Gasteiger charge is 2.04. The molecular weight excluding hydrogens is 248 g/mol. The Labute approximate surface area is 118 Å². The summed E-state index contributed by atoms with van der Waals surface area (Å²) in [6.45, 7) is 0.649. The van der Waals surface area contributed by atoms with Crippen molar-refractivity contribution < 1.29 is 4.74 Å². The number of benzene rings is 2. The van der Waals surface area contributed by atoms with Crippen molar-refractivity contribution in [2.45, 2.75) is 6.61 Å². The Kier molecular flexibility index (Phi) is 4.78. The highest BCUT2D eigenvalue weighted by Crippen LogP contribution is 2.19. The van der Waals surface area contributed by atoms with Gasteiger partial charge in [0, 0.05) is 5.56 Å². The summed E-state index contributed by atoms with van der Waals surface area (Å²) in [4.78, 5) is 0. The number of hydrogen-bond acceptors (Lipinski definition) is 3. The van der Waals surface area contributed by atoms with Gasteiger partial charge in [0.05, 0.1) is 23.7 Å². The molecule has 20 heavy (non-hydrogen) atoms. The first kappa shape index (κ1) is 13.7. The molecule has 0 aliphatic heterocycles. The van der Waals surface area contributed by atoms with E-state index in [1.165, 1.54) is 0 Å². The summed E-state index contributed by atoms with van der Waals surface area (Å²) in [5.41, 5.74) is 7.66. The van der Waals surface area contributed by atoms with Crippen LogP contribution in [0.2, 0.25) is 0 Å². The van der Waals surface area contributed by atoms with E-state index in [0.717, 1.165) is 11.1 Å². The zero-order valence-corrected chi connectivity index (χ0v) is 11.0. The minimum absolute atomic E-state index is 0.311. The van der Waals surface area contributed by atoms with E-state index in [9.17, 15) is 0 Å². The molecule has 2 aromatic rings. The number of nitrogens with two attached hydrogens (primary N) is 1. The third-order valence-electron chi connectivity index (χ3n) is 2.73. The van der Waals surface area contributed by atoms with E-state index >= 15 is 0 Å². The van der Waals surface area contributed by atoms with Crippen LogP contribution in [-0.2, 0) is 6.61 Å². The standard InChI is InChI=1S/C17H14N2O/c18-11-5-9-14-6-3-4-10-17(14)20-13-16-8-2-1-7-15(16)12-19/h1-4,6-8,10H,11,13,18H2. The van der Waals surface area contributed by atoms with Crippen LogP contribution in [0.4, 0.5) is 0 Å². The van der Waals surface area contributed by atoms with Crippen LogP contribution in [0.15, 0.2) is 48.5 Å². The second-order valence-corrected chi connectivity index (χ2v) is 4.06. The molecule has 0 atom stereocenters. The summed E-state index contributed by atoms with van der Waals surface area (Å²) < 4.78 is 5.77. The van der Waals surface area contributed by atoms with Crippen LogP contribution in [0.5, 0.6) is 5.75 Å². The van der Waals surface area contributed by atoms with Gasteiger partial charge >= 0.3 is 0 Å². The third kappa shape index (κ3) is 3.38. The zero-order valence-electron chi connectivity index (χ0n) is 11.0. The molecule has 3 nitrogen and oxygen atoms in total. The largest absolute Gasteiger partial charge is 0.488 e. The van der Waals surface area contributed by atoms with E-state index in [0.29, 0.717) is 24.5 Å². The van der Waals surface area contributed by atoms with Gasteiger partial charge in [-0.2, -0.15) is 5.26 Å². The molecule has 0 heterocycles. The minimum Gasteiger partial charge on any atom is -0.488 e. The summed E-state index contributed by atoms with van der Waals surface area (Å²) in [5.74, 6) is 6.48. The Morgan fingerprint density at radius 1 is 1.00 bits per heavy atom. The van der Waals surface area contributed by atoms with Crippen molar-refractivity contribution in [3.63, 3.8) is 0 Å². The fraction of sp³-hybridized carbons (Fsp3) is 0.118. The number of nitrogens with zero attached hydrogens (tertiary/aromatic N) is 1. The molecule has 0 spiro atoms. The van der Waals surface area contributed by atoms with Gasteiger partial charge in [-0.3, -0.25) is 0 Å². The molecule has 0 unspecified atom stereocenters. The smallest absolute Gasteiger partial charge is 0.135 e. The first-order valence-corrected chi connectivity index (χ1v) is 6.24. The number of rotatable bonds is 3. The number of para-hydroxylation sites is 1. The molecule has 0 aromatic heterocycles. The van der Waals surface area contributed by atoms with Crippen molar-refractivity contribution in [3.8, 4) is 23.7 Å². The molecule has 2 aromatic carbocycles. The maximum absolute atomic E-state index is 9.04. The quantitative estimate of drug-likeness (QED) is 0.864. The van der Waals surface area contributed by atoms with Gasteiger partial charge in [-0.15, -0.1) is 0 Å². The van der Waals surface area contributed by atoms with E-state index in [-0.39, 0.29) is 0 Å². The predicted molar refractivity (Wildman–Crippen MR) is 77.9 cm³/mol. The average Bonchev–Trinajstić information content (AvgIpc) is 2.52. The summed E-state index contributed by atoms with van der Waals surface area (Å²) in [6, 6.07) is 17.1. The van der Waals surface area contributed by atoms with Gasteiger partial charge in [0.15, 0.2) is 0 Å². The number of ether oxygens (including phenoxy) is 1. The topological polar surface area (TPSA) is 59.0 Å². The molecule has 3 heteroatoms. The van der Waals surface area contributed by atoms with E-state index in [2.05, 4.69) is 17.9 Å². The van der Waals surface area contributed by atoms with Gasteiger partial charge < -0.3 is 10.5 Å². The Bertz CT molecular complexity index is 690. The Balaban J connectivity index is 2.17. The molecule has 0 aliphatic carbocycles. The third-order valence-corrected chi connectivity index (χ3v) is 2.73. The maximum Gasteiger partial charge on any atom is 0.135 e. The van der Waals surface area contributed by atoms with Crippen LogP contribution in [0.3, 0.4) is 0 Å². The molecule has 0 saturated carbocycles. The van der Waals surface area contributed by atoms with Crippen molar-refractivity contribution in [1.82, 2.24) is 0 Å². The molecular formula is C17H14N2O. The highest BCUT2D eigenvalue weighted by molar-refractivity contribution is 5.46. The molecule has 98 valence electrons. The van der Waals surface area contributed by atoms with Crippen LogP contribution in [0, 0.1) is 23.2 Å². The van der Waals surface area contributed by atoms with Crippen LogP contribution < -0.4 is 10.5 Å². The van der Waals surface area contributed by atoms with Crippen molar-refractivity contribution in [1.29, 1.82) is 5.26 Å². The molecule has 0 aliphatic rings. The molecule has 0 radical (unpaired) electrons. The molecule has 0 bridgehead atoms. The van der Waals surface area contributed by atoms with Crippen LogP contribution >= 0.6 is 0 Å². The second-order valence-electron chi connectivity index (χ2n) is 4.06. The van der Waals surface area contributed by atoms with Crippen LogP contribution in [0.1, 0.15) is 16.7 Å². The van der Waals surface area contributed by atoms with Gasteiger partial charge in [-0.25, -0.2) is 0 Å². The van der Waals surface area contributed by atoms with Gasteiger partial charge in [-0.05, 0) is 18.2 Å². The van der Waals surface area contributed by atoms with Crippen molar-refractivity contribution in [2.24, 2.45) is 5.73 Å². The van der Waals surface area contributed by atoms with Crippen molar-refractivity contribution >= 4 is 0 Å². The predicted octanol–water partition coefficient (Wildman–Crippen LogP) is 2.45. The van der Waals surface area contributed by atoms with Gasteiger partial charge in [0.1, 0.15) is 12.4 Å². The summed E-state index contributed by atoms with van der Waals surface area (Å²) in [6.07, 6.45) is 0. The Morgan fingerprint density at radius 2 is 1.70 bits per heavy atom. The molecule has 0 amide bonds. The van der Waals surface area contributed by atoms with Crippen molar-refractivity contribution in [2.75, 3.05) is 6.54 Å². The van der Waals surface area contributed by atoms with E-state index < -0.39 is 0 Å². The lowest BCUT2D eigenvalue weighted by molar-refractivity contribution is 0.305. The van der Waals surface area contributed by atoms with Crippen LogP contribution in [0.25, 0.3) is 0 Å². The monoisotopic (exact) mass is 262 g/mol. The lowest BCUT2D eigenvalue weighted by Gasteiger charge is -2.09. The number of hydrogen-bond donors (Lipinski definition) is 1. The van der Waals surface area contributed by atoms with Crippen molar-refractivity contribution in [3.05, 3.63) is 65.2 Å². The van der Waals surface area contributed by atoms with Gasteiger partial charge in [-0.1, -0.05) is 42.2 Å². The lowest BCUT2D eigenvalue weighted by Crippen LogP contribution is -2.00. The van der Waals surface area contributed by atoms with E-state index in [1.54, 1.807) is 6.07 Å². The Hall–Kier alpha value is -2.75. The normalized spacial score (nSPS) is 9.20. The first-order chi connectivity index (χ1) is 9.85. The molecule has 0 saturated heterocycles. The SMILES string of the molecule is N#Cc1ccccc1COc1ccccc1C#CCN. The molecule has 2 rings (SSSR count). The molecule has 2 N–H and O–H groups in total.